The van der Waals surface area contributed by atoms with E-state index in [0.717, 1.165) is 12.1 Å². The average molecular weight is 231 g/mol. The molecular formula is C10H11F2NO3. The summed E-state index contributed by atoms with van der Waals surface area (Å²) in [7, 11) is 1.43. The maximum Gasteiger partial charge on any atom is 0.257 e. The van der Waals surface area contributed by atoms with Gasteiger partial charge in [0.1, 0.15) is 11.4 Å². The minimum absolute atomic E-state index is 0.129. The SMILES string of the molecule is COCCNC(=O)c1c(F)ccc(O)c1F. The summed E-state index contributed by atoms with van der Waals surface area (Å²) in [6, 6.07) is 1.67. The minimum atomic E-state index is -1.27. The third-order valence-corrected chi connectivity index (χ3v) is 1.89. The molecule has 0 aliphatic heterocycles. The van der Waals surface area contributed by atoms with Gasteiger partial charge in [0.2, 0.25) is 0 Å². The first kappa shape index (κ1) is 12.4. The molecule has 2 N–H and O–H groups in total. The lowest BCUT2D eigenvalue weighted by molar-refractivity contribution is 0.0927. The fraction of sp³-hybridized carbons (Fsp3) is 0.300. The highest BCUT2D eigenvalue weighted by Crippen LogP contribution is 2.21. The van der Waals surface area contributed by atoms with Gasteiger partial charge in [-0.2, -0.15) is 0 Å². The molecule has 0 spiro atoms. The molecule has 6 heteroatoms. The summed E-state index contributed by atoms with van der Waals surface area (Å²) in [5, 5.41) is 11.3. The molecule has 4 nitrogen and oxygen atoms in total. The average Bonchev–Trinajstić information content (AvgIpc) is 2.24. The van der Waals surface area contributed by atoms with Crippen LogP contribution < -0.4 is 5.32 Å². The van der Waals surface area contributed by atoms with Crippen molar-refractivity contribution in [2.24, 2.45) is 0 Å². The molecule has 0 aliphatic rings. The van der Waals surface area contributed by atoms with E-state index in [4.69, 9.17) is 5.11 Å². The van der Waals surface area contributed by atoms with Crippen LogP contribution in [0.25, 0.3) is 0 Å². The van der Waals surface area contributed by atoms with Crippen LogP contribution in [0.5, 0.6) is 5.75 Å². The highest BCUT2D eigenvalue weighted by molar-refractivity contribution is 5.95. The number of benzene rings is 1. The molecule has 0 unspecified atom stereocenters. The molecule has 0 radical (unpaired) electrons. The van der Waals surface area contributed by atoms with Gasteiger partial charge in [-0.15, -0.1) is 0 Å². The lowest BCUT2D eigenvalue weighted by Gasteiger charge is -2.07. The van der Waals surface area contributed by atoms with Gasteiger partial charge < -0.3 is 15.2 Å². The number of carbonyl (C=O) groups excluding carboxylic acids is 1. The summed E-state index contributed by atoms with van der Waals surface area (Å²) in [5.74, 6) is -3.98. The number of hydrogen-bond acceptors (Lipinski definition) is 3. The van der Waals surface area contributed by atoms with Crippen molar-refractivity contribution in [2.75, 3.05) is 20.3 Å². The van der Waals surface area contributed by atoms with Crippen LogP contribution in [0.3, 0.4) is 0 Å². The molecule has 0 fully saturated rings. The van der Waals surface area contributed by atoms with Crippen LogP contribution in [0.4, 0.5) is 8.78 Å². The first-order valence-electron chi connectivity index (χ1n) is 4.52. The van der Waals surface area contributed by atoms with Crippen molar-refractivity contribution in [1.82, 2.24) is 5.32 Å². The van der Waals surface area contributed by atoms with Crippen molar-refractivity contribution in [2.45, 2.75) is 0 Å². The monoisotopic (exact) mass is 231 g/mol. The third-order valence-electron chi connectivity index (χ3n) is 1.89. The predicted octanol–water partition coefficient (Wildman–Crippen LogP) is 1.05. The number of phenols is 1. The van der Waals surface area contributed by atoms with Crippen LogP contribution in [-0.4, -0.2) is 31.3 Å². The fourth-order valence-corrected chi connectivity index (χ4v) is 1.10. The zero-order valence-electron chi connectivity index (χ0n) is 8.59. The van der Waals surface area contributed by atoms with Gasteiger partial charge in [0.05, 0.1) is 6.61 Å². The second-order valence-electron chi connectivity index (χ2n) is 3.00. The fourth-order valence-electron chi connectivity index (χ4n) is 1.10. The molecule has 0 aliphatic carbocycles. The van der Waals surface area contributed by atoms with E-state index in [1.54, 1.807) is 0 Å². The molecule has 0 saturated heterocycles. The second-order valence-corrected chi connectivity index (χ2v) is 3.00. The molecule has 1 amide bonds. The Labute approximate surface area is 90.8 Å². The van der Waals surface area contributed by atoms with Gasteiger partial charge in [-0.3, -0.25) is 4.79 Å². The minimum Gasteiger partial charge on any atom is -0.505 e. The maximum atomic E-state index is 13.2. The van der Waals surface area contributed by atoms with Crippen molar-refractivity contribution in [3.05, 3.63) is 29.3 Å². The van der Waals surface area contributed by atoms with Crippen LogP contribution in [0.2, 0.25) is 0 Å². The number of aromatic hydroxyl groups is 1. The number of phenolic OH excluding ortho intramolecular Hbond substituents is 1. The Morgan fingerprint density at radius 1 is 1.50 bits per heavy atom. The van der Waals surface area contributed by atoms with Gasteiger partial charge in [-0.05, 0) is 12.1 Å². The largest absolute Gasteiger partial charge is 0.505 e. The number of hydrogen-bond donors (Lipinski definition) is 2. The smallest absolute Gasteiger partial charge is 0.257 e. The molecule has 88 valence electrons. The topological polar surface area (TPSA) is 58.6 Å². The Bertz CT molecular complexity index is 396. The lowest BCUT2D eigenvalue weighted by atomic mass is 10.1. The van der Waals surface area contributed by atoms with Crippen molar-refractivity contribution >= 4 is 5.91 Å². The maximum absolute atomic E-state index is 13.2. The number of halogens is 2. The van der Waals surface area contributed by atoms with Crippen LogP contribution in [0.15, 0.2) is 12.1 Å². The van der Waals surface area contributed by atoms with E-state index in [1.807, 2.05) is 0 Å². The van der Waals surface area contributed by atoms with Crippen LogP contribution in [0, 0.1) is 11.6 Å². The lowest BCUT2D eigenvalue weighted by Crippen LogP contribution is -2.28. The first-order valence-corrected chi connectivity index (χ1v) is 4.52. The van der Waals surface area contributed by atoms with Gasteiger partial charge in [-0.1, -0.05) is 0 Å². The van der Waals surface area contributed by atoms with Gasteiger partial charge in [0.15, 0.2) is 11.6 Å². The summed E-state index contributed by atoms with van der Waals surface area (Å²) >= 11 is 0. The highest BCUT2D eigenvalue weighted by Gasteiger charge is 2.19. The van der Waals surface area contributed by atoms with Crippen molar-refractivity contribution in [1.29, 1.82) is 0 Å². The molecule has 1 aromatic carbocycles. The van der Waals surface area contributed by atoms with Gasteiger partial charge in [0, 0.05) is 13.7 Å². The van der Waals surface area contributed by atoms with Gasteiger partial charge in [0.25, 0.3) is 5.91 Å². The molecule has 1 rings (SSSR count). The molecule has 1 aromatic rings. The number of rotatable bonds is 4. The summed E-state index contributed by atoms with van der Waals surface area (Å²) < 4.78 is 31.0. The standard InChI is InChI=1S/C10H11F2NO3/c1-16-5-4-13-10(15)8-6(11)2-3-7(14)9(8)12/h2-3,14H,4-5H2,1H3,(H,13,15). The second kappa shape index (κ2) is 5.41. The normalized spacial score (nSPS) is 10.2. The highest BCUT2D eigenvalue weighted by atomic mass is 19.1. The Morgan fingerprint density at radius 2 is 2.19 bits per heavy atom. The summed E-state index contributed by atoms with van der Waals surface area (Å²) in [4.78, 5) is 11.4. The molecular weight excluding hydrogens is 220 g/mol. The molecule has 0 atom stereocenters. The number of ether oxygens (including phenoxy) is 1. The number of nitrogens with one attached hydrogen (secondary N) is 1. The number of carbonyl (C=O) groups is 1. The Balaban J connectivity index is 2.86. The molecule has 0 bridgehead atoms. The van der Waals surface area contributed by atoms with E-state index in [2.05, 4.69) is 10.1 Å². The summed E-state index contributed by atoms with van der Waals surface area (Å²) in [5.41, 5.74) is -0.795. The van der Waals surface area contributed by atoms with E-state index < -0.39 is 28.9 Å². The van der Waals surface area contributed by atoms with Crippen molar-refractivity contribution < 1.29 is 23.4 Å². The zero-order valence-corrected chi connectivity index (χ0v) is 8.59. The molecule has 0 heterocycles. The summed E-state index contributed by atoms with van der Waals surface area (Å²) in [6.07, 6.45) is 0. The Morgan fingerprint density at radius 3 is 2.81 bits per heavy atom. The van der Waals surface area contributed by atoms with Crippen molar-refractivity contribution in [3.63, 3.8) is 0 Å². The summed E-state index contributed by atoms with van der Waals surface area (Å²) in [6.45, 7) is 0.359. The molecule has 0 aromatic heterocycles. The van der Waals surface area contributed by atoms with E-state index in [9.17, 15) is 13.6 Å². The van der Waals surface area contributed by atoms with Gasteiger partial charge >= 0.3 is 0 Å². The van der Waals surface area contributed by atoms with E-state index in [0.29, 0.717) is 0 Å². The van der Waals surface area contributed by atoms with E-state index in [1.165, 1.54) is 7.11 Å². The molecule has 16 heavy (non-hydrogen) atoms. The third kappa shape index (κ3) is 2.66. The predicted molar refractivity (Wildman–Crippen MR) is 52.2 cm³/mol. The van der Waals surface area contributed by atoms with E-state index >= 15 is 0 Å². The molecule has 0 saturated carbocycles. The van der Waals surface area contributed by atoms with E-state index in [-0.39, 0.29) is 13.2 Å². The quantitative estimate of drug-likeness (QED) is 0.761. The Kier molecular flexibility index (Phi) is 4.19. The Hall–Kier alpha value is -1.69. The van der Waals surface area contributed by atoms with Crippen LogP contribution in [0.1, 0.15) is 10.4 Å². The van der Waals surface area contributed by atoms with Crippen LogP contribution >= 0.6 is 0 Å². The zero-order chi connectivity index (χ0) is 12.1. The van der Waals surface area contributed by atoms with Crippen LogP contribution in [-0.2, 0) is 4.74 Å². The first-order chi connectivity index (χ1) is 7.57. The number of methoxy groups -OCH3 is 1. The van der Waals surface area contributed by atoms with Gasteiger partial charge in [-0.25, -0.2) is 8.78 Å². The van der Waals surface area contributed by atoms with Crippen molar-refractivity contribution in [3.8, 4) is 5.75 Å². The number of amides is 1.